The van der Waals surface area contributed by atoms with E-state index in [1.165, 1.54) is 0 Å². The van der Waals surface area contributed by atoms with Crippen molar-refractivity contribution in [2.75, 3.05) is 39.9 Å². The van der Waals surface area contributed by atoms with Crippen LogP contribution >= 0.6 is 11.3 Å². The smallest absolute Gasteiger partial charge is 0.260 e. The highest BCUT2D eigenvalue weighted by molar-refractivity contribution is 7.09. The Labute approximate surface area is 180 Å². The second-order valence-electron chi connectivity index (χ2n) is 7.11. The quantitative estimate of drug-likeness (QED) is 0.582. The Morgan fingerprint density at radius 3 is 2.40 bits per heavy atom. The zero-order valence-corrected chi connectivity index (χ0v) is 17.8. The topological polar surface area (TPSA) is 54.9 Å². The first-order valence-corrected chi connectivity index (χ1v) is 10.9. The summed E-state index contributed by atoms with van der Waals surface area (Å²) in [6.45, 7) is 3.98. The molecule has 1 aliphatic rings. The van der Waals surface area contributed by atoms with E-state index in [-0.39, 0.29) is 12.5 Å². The molecule has 6 nitrogen and oxygen atoms in total. The van der Waals surface area contributed by atoms with E-state index in [1.807, 2.05) is 47.4 Å². The van der Waals surface area contributed by atoms with Crippen LogP contribution < -0.4 is 9.47 Å². The second kappa shape index (κ2) is 9.73. The molecule has 3 aromatic rings. The first kappa shape index (κ1) is 20.4. The molecule has 0 N–H and O–H groups in total. The zero-order chi connectivity index (χ0) is 20.8. The van der Waals surface area contributed by atoms with Crippen LogP contribution in [0, 0.1) is 0 Å². The third-order valence-electron chi connectivity index (χ3n) is 5.13. The normalized spacial score (nSPS) is 14.5. The molecule has 1 aliphatic heterocycles. The molecule has 30 heavy (non-hydrogen) atoms. The Morgan fingerprint density at radius 2 is 1.70 bits per heavy atom. The second-order valence-corrected chi connectivity index (χ2v) is 8.06. The maximum absolute atomic E-state index is 12.5. The van der Waals surface area contributed by atoms with Crippen LogP contribution in [0.4, 0.5) is 0 Å². The summed E-state index contributed by atoms with van der Waals surface area (Å²) in [5, 5.41) is 3.22. The number of rotatable bonds is 7. The van der Waals surface area contributed by atoms with E-state index in [1.54, 1.807) is 18.4 Å². The number of methoxy groups -OCH3 is 1. The summed E-state index contributed by atoms with van der Waals surface area (Å²) in [5.74, 6) is 1.45. The van der Waals surface area contributed by atoms with E-state index in [4.69, 9.17) is 14.5 Å². The first-order valence-electron chi connectivity index (χ1n) is 9.98. The molecule has 0 bridgehead atoms. The van der Waals surface area contributed by atoms with E-state index >= 15 is 0 Å². The van der Waals surface area contributed by atoms with Crippen LogP contribution in [0.2, 0.25) is 0 Å². The molecule has 2 heterocycles. The van der Waals surface area contributed by atoms with Gasteiger partial charge in [-0.1, -0.05) is 30.3 Å². The van der Waals surface area contributed by atoms with Gasteiger partial charge < -0.3 is 14.4 Å². The van der Waals surface area contributed by atoms with Gasteiger partial charge in [0.15, 0.2) is 6.61 Å². The fraction of sp³-hybridized carbons (Fsp3) is 0.304. The molecule has 0 aliphatic carbocycles. The molecule has 7 heteroatoms. The van der Waals surface area contributed by atoms with Crippen molar-refractivity contribution in [3.8, 4) is 22.8 Å². The van der Waals surface area contributed by atoms with Crippen molar-refractivity contribution >= 4 is 17.2 Å². The lowest BCUT2D eigenvalue weighted by Gasteiger charge is -2.34. The summed E-state index contributed by atoms with van der Waals surface area (Å²) in [4.78, 5) is 21.5. The summed E-state index contributed by atoms with van der Waals surface area (Å²) < 4.78 is 10.7. The number of piperazine rings is 1. The van der Waals surface area contributed by atoms with E-state index in [2.05, 4.69) is 22.4 Å². The highest BCUT2D eigenvalue weighted by Crippen LogP contribution is 2.23. The lowest BCUT2D eigenvalue weighted by molar-refractivity contribution is -0.135. The summed E-state index contributed by atoms with van der Waals surface area (Å²) in [6.07, 6.45) is 0. The average Bonchev–Trinajstić information content (AvgIpc) is 3.27. The minimum Gasteiger partial charge on any atom is -0.497 e. The maximum Gasteiger partial charge on any atom is 0.260 e. The molecule has 0 saturated carbocycles. The number of amides is 1. The number of ether oxygens (including phenoxy) is 2. The molecule has 156 valence electrons. The molecule has 0 spiro atoms. The third kappa shape index (κ3) is 5.17. The van der Waals surface area contributed by atoms with Gasteiger partial charge in [0.25, 0.3) is 5.91 Å². The van der Waals surface area contributed by atoms with Crippen molar-refractivity contribution < 1.29 is 14.3 Å². The molecular formula is C23H25N3O3S. The van der Waals surface area contributed by atoms with Gasteiger partial charge in [-0.3, -0.25) is 9.69 Å². The average molecular weight is 424 g/mol. The van der Waals surface area contributed by atoms with Crippen LogP contribution in [0.25, 0.3) is 11.3 Å². The van der Waals surface area contributed by atoms with E-state index < -0.39 is 0 Å². The number of nitrogens with zero attached hydrogens (tertiary/aromatic N) is 3. The number of carbonyl (C=O) groups is 1. The molecule has 2 aromatic carbocycles. The van der Waals surface area contributed by atoms with E-state index in [0.29, 0.717) is 18.8 Å². The van der Waals surface area contributed by atoms with Gasteiger partial charge in [0.05, 0.1) is 19.3 Å². The van der Waals surface area contributed by atoms with Crippen LogP contribution in [0.15, 0.2) is 60.0 Å². The van der Waals surface area contributed by atoms with Crippen molar-refractivity contribution in [1.82, 2.24) is 14.8 Å². The van der Waals surface area contributed by atoms with Crippen LogP contribution in [-0.2, 0) is 11.3 Å². The number of carbonyl (C=O) groups excluding carboxylic acids is 1. The molecule has 1 aromatic heterocycles. The minimum atomic E-state index is 0.0195. The van der Waals surface area contributed by atoms with E-state index in [0.717, 1.165) is 41.6 Å². The SMILES string of the molecule is COc1ccc(OCC(=O)N2CCN(Cc3nc(-c4ccccc4)cs3)CC2)cc1. The maximum atomic E-state index is 12.5. The van der Waals surface area contributed by atoms with Crippen molar-refractivity contribution in [2.45, 2.75) is 6.54 Å². The highest BCUT2D eigenvalue weighted by atomic mass is 32.1. The van der Waals surface area contributed by atoms with E-state index in [9.17, 15) is 4.79 Å². The molecular weight excluding hydrogens is 398 g/mol. The zero-order valence-electron chi connectivity index (χ0n) is 17.0. The lowest BCUT2D eigenvalue weighted by Crippen LogP contribution is -2.49. The van der Waals surface area contributed by atoms with Gasteiger partial charge in [0.2, 0.25) is 0 Å². The minimum absolute atomic E-state index is 0.0195. The Bertz CT molecular complexity index is 951. The van der Waals surface area contributed by atoms with Crippen LogP contribution in [0.5, 0.6) is 11.5 Å². The molecule has 0 atom stereocenters. The Balaban J connectivity index is 1.22. The highest BCUT2D eigenvalue weighted by Gasteiger charge is 2.22. The lowest BCUT2D eigenvalue weighted by atomic mass is 10.2. The summed E-state index contributed by atoms with van der Waals surface area (Å²) >= 11 is 1.69. The standard InChI is InChI=1S/C23H25N3O3S/c1-28-19-7-9-20(10-8-19)29-16-23(27)26-13-11-25(12-14-26)15-22-24-21(17-30-22)18-5-3-2-4-6-18/h2-10,17H,11-16H2,1H3. The van der Waals surface area contributed by atoms with Gasteiger partial charge in [0, 0.05) is 37.1 Å². The van der Waals surface area contributed by atoms with Crippen LogP contribution in [0.3, 0.4) is 0 Å². The number of hydrogen-bond donors (Lipinski definition) is 0. The fourth-order valence-electron chi connectivity index (χ4n) is 3.38. The fourth-order valence-corrected chi connectivity index (χ4v) is 4.22. The molecule has 0 radical (unpaired) electrons. The predicted octanol–water partition coefficient (Wildman–Crippen LogP) is 3.54. The van der Waals surface area contributed by atoms with Gasteiger partial charge >= 0.3 is 0 Å². The Hall–Kier alpha value is -2.90. The van der Waals surface area contributed by atoms with Gasteiger partial charge in [-0.25, -0.2) is 4.98 Å². The van der Waals surface area contributed by atoms with Gasteiger partial charge in [0.1, 0.15) is 16.5 Å². The van der Waals surface area contributed by atoms with Gasteiger partial charge in [-0.15, -0.1) is 11.3 Å². The summed E-state index contributed by atoms with van der Waals surface area (Å²) in [6, 6.07) is 17.5. The van der Waals surface area contributed by atoms with Crippen molar-refractivity contribution in [3.63, 3.8) is 0 Å². The van der Waals surface area contributed by atoms with Gasteiger partial charge in [-0.05, 0) is 24.3 Å². The predicted molar refractivity (Wildman–Crippen MR) is 118 cm³/mol. The molecule has 4 rings (SSSR count). The Morgan fingerprint density at radius 1 is 1.00 bits per heavy atom. The first-order chi connectivity index (χ1) is 14.7. The largest absolute Gasteiger partial charge is 0.497 e. The number of hydrogen-bond acceptors (Lipinski definition) is 6. The Kier molecular flexibility index (Phi) is 6.61. The monoisotopic (exact) mass is 423 g/mol. The van der Waals surface area contributed by atoms with Crippen LogP contribution in [0.1, 0.15) is 5.01 Å². The van der Waals surface area contributed by atoms with Gasteiger partial charge in [-0.2, -0.15) is 0 Å². The van der Waals surface area contributed by atoms with Crippen LogP contribution in [-0.4, -0.2) is 60.6 Å². The molecule has 1 fully saturated rings. The molecule has 0 unspecified atom stereocenters. The third-order valence-corrected chi connectivity index (χ3v) is 5.96. The summed E-state index contributed by atoms with van der Waals surface area (Å²) in [7, 11) is 1.62. The molecule has 1 saturated heterocycles. The van der Waals surface area contributed by atoms with Crippen molar-refractivity contribution in [2.24, 2.45) is 0 Å². The molecule has 1 amide bonds. The number of benzene rings is 2. The van der Waals surface area contributed by atoms with Crippen molar-refractivity contribution in [1.29, 1.82) is 0 Å². The number of thiazole rings is 1. The number of aromatic nitrogens is 1. The summed E-state index contributed by atoms with van der Waals surface area (Å²) in [5.41, 5.74) is 2.17. The van der Waals surface area contributed by atoms with Crippen molar-refractivity contribution in [3.05, 3.63) is 65.0 Å².